The summed E-state index contributed by atoms with van der Waals surface area (Å²) in [4.78, 5) is 26.7. The van der Waals surface area contributed by atoms with Gasteiger partial charge in [-0.3, -0.25) is 0 Å². The molecule has 0 radical (unpaired) electrons. The van der Waals surface area contributed by atoms with E-state index in [1.807, 2.05) is 34.6 Å². The third kappa shape index (κ3) is 6.43. The van der Waals surface area contributed by atoms with Gasteiger partial charge in [0.1, 0.15) is 5.60 Å². The monoisotopic (exact) mass is 328 g/mol. The minimum Gasteiger partial charge on any atom is -0.476 e. The fourth-order valence-corrected chi connectivity index (χ4v) is 2.62. The number of amides is 1. The van der Waals surface area contributed by atoms with Gasteiger partial charge in [0.2, 0.25) is 0 Å². The zero-order chi connectivity index (χ0) is 16.9. The van der Waals surface area contributed by atoms with Gasteiger partial charge in [0, 0.05) is 17.8 Å². The average Bonchev–Trinajstić information content (AvgIpc) is 2.80. The predicted molar refractivity (Wildman–Crippen MR) is 85.4 cm³/mol. The smallest absolute Gasteiger partial charge is 0.407 e. The Hall–Kier alpha value is -1.63. The lowest BCUT2D eigenvalue weighted by atomic mass is 9.99. The van der Waals surface area contributed by atoms with E-state index in [9.17, 15) is 9.59 Å². The molecule has 124 valence electrons. The Morgan fingerprint density at radius 2 is 2.05 bits per heavy atom. The van der Waals surface area contributed by atoms with Crippen LogP contribution in [-0.4, -0.2) is 33.8 Å². The summed E-state index contributed by atoms with van der Waals surface area (Å²) in [5.41, 5.74) is -0.460. The Kier molecular flexibility index (Phi) is 6.34. The third-order valence-electron chi connectivity index (χ3n) is 2.95. The van der Waals surface area contributed by atoms with Gasteiger partial charge in [-0.1, -0.05) is 13.8 Å². The molecule has 2 N–H and O–H groups in total. The SMILES string of the molecule is CC(C)C(CCc1nc(C(=O)O)cs1)NC(=O)OC(C)(C)C. The number of aromatic carboxylic acids is 1. The molecule has 1 atom stereocenters. The third-order valence-corrected chi connectivity index (χ3v) is 3.86. The van der Waals surface area contributed by atoms with E-state index in [-0.39, 0.29) is 17.7 Å². The number of thiazole rings is 1. The molecule has 0 aromatic carbocycles. The van der Waals surface area contributed by atoms with E-state index in [0.29, 0.717) is 12.8 Å². The highest BCUT2D eigenvalue weighted by Gasteiger charge is 2.21. The van der Waals surface area contributed by atoms with Gasteiger partial charge in [-0.15, -0.1) is 11.3 Å². The fraction of sp³-hybridized carbons (Fsp3) is 0.667. The molecule has 7 heteroatoms. The van der Waals surface area contributed by atoms with Gasteiger partial charge in [0.25, 0.3) is 0 Å². The Morgan fingerprint density at radius 3 is 2.50 bits per heavy atom. The van der Waals surface area contributed by atoms with E-state index in [0.717, 1.165) is 5.01 Å². The van der Waals surface area contributed by atoms with Gasteiger partial charge in [-0.05, 0) is 33.1 Å². The number of carbonyl (C=O) groups is 2. The first-order valence-electron chi connectivity index (χ1n) is 7.25. The lowest BCUT2D eigenvalue weighted by molar-refractivity contribution is 0.0487. The van der Waals surface area contributed by atoms with Crippen LogP contribution in [0.3, 0.4) is 0 Å². The van der Waals surface area contributed by atoms with Crippen LogP contribution >= 0.6 is 11.3 Å². The zero-order valence-electron chi connectivity index (χ0n) is 13.7. The van der Waals surface area contributed by atoms with Gasteiger partial charge >= 0.3 is 12.1 Å². The summed E-state index contributed by atoms with van der Waals surface area (Å²) >= 11 is 1.32. The van der Waals surface area contributed by atoms with Crippen molar-refractivity contribution in [3.63, 3.8) is 0 Å². The molecule has 22 heavy (non-hydrogen) atoms. The van der Waals surface area contributed by atoms with Crippen LogP contribution < -0.4 is 5.32 Å². The number of rotatable bonds is 6. The number of aryl methyl sites for hydroxylation is 1. The van der Waals surface area contributed by atoms with E-state index in [1.54, 1.807) is 0 Å². The summed E-state index contributed by atoms with van der Waals surface area (Å²) in [6.45, 7) is 9.50. The number of carboxylic acid groups (broad SMARTS) is 1. The minimum atomic E-state index is -1.02. The number of aromatic nitrogens is 1. The van der Waals surface area contributed by atoms with E-state index >= 15 is 0 Å². The van der Waals surface area contributed by atoms with Crippen molar-refractivity contribution in [2.75, 3.05) is 0 Å². The first-order valence-corrected chi connectivity index (χ1v) is 8.13. The van der Waals surface area contributed by atoms with Crippen LogP contribution in [0.1, 0.15) is 56.5 Å². The predicted octanol–water partition coefficient (Wildman–Crippen LogP) is 3.32. The first-order chi connectivity index (χ1) is 10.1. The molecule has 0 saturated carbocycles. The van der Waals surface area contributed by atoms with Crippen LogP contribution in [-0.2, 0) is 11.2 Å². The lowest BCUT2D eigenvalue weighted by Gasteiger charge is -2.25. The molecule has 0 aliphatic rings. The number of carboxylic acids is 1. The number of alkyl carbamates (subject to hydrolysis) is 1. The Morgan fingerprint density at radius 1 is 1.41 bits per heavy atom. The highest BCUT2D eigenvalue weighted by atomic mass is 32.1. The molecule has 1 aromatic rings. The van der Waals surface area contributed by atoms with Crippen molar-refractivity contribution >= 4 is 23.4 Å². The average molecular weight is 328 g/mol. The van der Waals surface area contributed by atoms with Crippen LogP contribution in [0.2, 0.25) is 0 Å². The van der Waals surface area contributed by atoms with Crippen molar-refractivity contribution < 1.29 is 19.4 Å². The highest BCUT2D eigenvalue weighted by molar-refractivity contribution is 7.09. The second-order valence-electron chi connectivity index (χ2n) is 6.47. The van der Waals surface area contributed by atoms with E-state index in [2.05, 4.69) is 10.3 Å². The van der Waals surface area contributed by atoms with Gasteiger partial charge in [0.15, 0.2) is 5.69 Å². The van der Waals surface area contributed by atoms with Gasteiger partial charge in [-0.2, -0.15) is 0 Å². The minimum absolute atomic E-state index is 0.0490. The highest BCUT2D eigenvalue weighted by Crippen LogP contribution is 2.16. The number of ether oxygens (including phenoxy) is 1. The maximum atomic E-state index is 11.9. The topological polar surface area (TPSA) is 88.5 Å². The van der Waals surface area contributed by atoms with E-state index in [4.69, 9.17) is 9.84 Å². The number of nitrogens with one attached hydrogen (secondary N) is 1. The summed E-state index contributed by atoms with van der Waals surface area (Å²) in [6, 6.07) is -0.0490. The van der Waals surface area contributed by atoms with E-state index in [1.165, 1.54) is 16.7 Å². The molecular formula is C15H24N2O4S. The van der Waals surface area contributed by atoms with Crippen LogP contribution in [0, 0.1) is 5.92 Å². The maximum Gasteiger partial charge on any atom is 0.407 e. The van der Waals surface area contributed by atoms with Crippen molar-refractivity contribution in [3.05, 3.63) is 16.1 Å². The summed E-state index contributed by atoms with van der Waals surface area (Å²) in [7, 11) is 0. The molecule has 0 aliphatic carbocycles. The maximum absolute atomic E-state index is 11.9. The molecule has 1 aromatic heterocycles. The summed E-state index contributed by atoms with van der Waals surface area (Å²) in [5.74, 6) is -0.777. The van der Waals surface area contributed by atoms with Crippen LogP contribution in [0.4, 0.5) is 4.79 Å². The number of hydrogen-bond acceptors (Lipinski definition) is 5. The molecule has 1 heterocycles. The van der Waals surface area contributed by atoms with Gasteiger partial charge in [-0.25, -0.2) is 14.6 Å². The molecule has 1 rings (SSSR count). The van der Waals surface area contributed by atoms with Crippen molar-refractivity contribution in [1.82, 2.24) is 10.3 Å². The second-order valence-corrected chi connectivity index (χ2v) is 7.41. The fourth-order valence-electron chi connectivity index (χ4n) is 1.83. The Bertz CT molecular complexity index is 520. The largest absolute Gasteiger partial charge is 0.476 e. The molecule has 0 aliphatic heterocycles. The van der Waals surface area contributed by atoms with Gasteiger partial charge in [0.05, 0.1) is 5.01 Å². The van der Waals surface area contributed by atoms with Crippen molar-refractivity contribution in [2.45, 2.75) is 59.1 Å². The van der Waals surface area contributed by atoms with Crippen LogP contribution in [0.15, 0.2) is 5.38 Å². The summed E-state index contributed by atoms with van der Waals surface area (Å²) in [5, 5.41) is 14.0. The lowest BCUT2D eigenvalue weighted by Crippen LogP contribution is -2.42. The molecule has 0 fully saturated rings. The van der Waals surface area contributed by atoms with E-state index < -0.39 is 17.7 Å². The van der Waals surface area contributed by atoms with Crippen molar-refractivity contribution in [2.24, 2.45) is 5.92 Å². The van der Waals surface area contributed by atoms with Crippen molar-refractivity contribution in [3.8, 4) is 0 Å². The normalized spacial score (nSPS) is 13.0. The summed E-state index contributed by atoms with van der Waals surface area (Å²) < 4.78 is 5.27. The molecule has 0 spiro atoms. The molecule has 1 amide bonds. The standard InChI is InChI=1S/C15H24N2O4S/c1-9(2)10(17-14(20)21-15(3,4)5)6-7-12-16-11(8-22-12)13(18)19/h8-10H,6-7H2,1-5H3,(H,17,20)(H,18,19). The molecule has 6 nitrogen and oxygen atoms in total. The number of hydrogen-bond donors (Lipinski definition) is 2. The Labute approximate surface area is 134 Å². The number of nitrogens with zero attached hydrogens (tertiary/aromatic N) is 1. The van der Waals surface area contributed by atoms with Gasteiger partial charge < -0.3 is 15.2 Å². The molecule has 0 bridgehead atoms. The summed E-state index contributed by atoms with van der Waals surface area (Å²) in [6.07, 6.45) is 0.872. The second kappa shape index (κ2) is 7.58. The van der Waals surface area contributed by atoms with Crippen LogP contribution in [0.25, 0.3) is 0 Å². The Balaban J connectivity index is 2.57. The molecule has 0 saturated heterocycles. The van der Waals surface area contributed by atoms with Crippen molar-refractivity contribution in [1.29, 1.82) is 0 Å². The molecular weight excluding hydrogens is 304 g/mol. The number of carbonyl (C=O) groups excluding carboxylic acids is 1. The molecule has 1 unspecified atom stereocenters. The zero-order valence-corrected chi connectivity index (χ0v) is 14.5. The first kappa shape index (κ1) is 18.4. The van der Waals surface area contributed by atoms with Crippen LogP contribution in [0.5, 0.6) is 0 Å². The quantitative estimate of drug-likeness (QED) is 0.836.